The Bertz CT molecular complexity index is 778. The summed E-state index contributed by atoms with van der Waals surface area (Å²) in [5, 5.41) is 20.0. The number of aromatic nitrogens is 2. The van der Waals surface area contributed by atoms with E-state index in [0.717, 1.165) is 11.1 Å². The Morgan fingerprint density at radius 2 is 1.95 bits per heavy atom. The molecule has 6 nitrogen and oxygen atoms in total. The molecule has 0 atom stereocenters. The van der Waals surface area contributed by atoms with Gasteiger partial charge in [-0.15, -0.1) is 0 Å². The maximum atomic E-state index is 10.7. The third kappa shape index (κ3) is 1.92. The van der Waals surface area contributed by atoms with Crippen LogP contribution in [0.2, 0.25) is 0 Å². The number of pyridine rings is 1. The Labute approximate surface area is 114 Å². The molecule has 20 heavy (non-hydrogen) atoms. The highest BCUT2D eigenvalue weighted by molar-refractivity contribution is 5.66. The average Bonchev–Trinajstić information content (AvgIpc) is 2.86. The number of nitro benzene ring substituents is 1. The van der Waals surface area contributed by atoms with E-state index in [1.807, 2.05) is 28.8 Å². The molecule has 2 aromatic heterocycles. The van der Waals surface area contributed by atoms with Crippen molar-refractivity contribution in [3.63, 3.8) is 0 Å². The number of rotatable bonds is 3. The molecule has 0 saturated heterocycles. The predicted molar refractivity (Wildman–Crippen MR) is 73.2 cm³/mol. The van der Waals surface area contributed by atoms with E-state index in [0.29, 0.717) is 11.5 Å². The van der Waals surface area contributed by atoms with Crippen LogP contribution in [0, 0.1) is 10.1 Å². The molecule has 0 amide bonds. The van der Waals surface area contributed by atoms with Crippen molar-refractivity contribution >= 4 is 11.2 Å². The van der Waals surface area contributed by atoms with Crippen LogP contribution in [0.25, 0.3) is 16.9 Å². The van der Waals surface area contributed by atoms with Gasteiger partial charge in [0.05, 0.1) is 22.7 Å². The number of hydrogen-bond donors (Lipinski definition) is 1. The quantitative estimate of drug-likeness (QED) is 0.584. The molecular formula is C14H11N3O3. The number of hydrogen-bond acceptors (Lipinski definition) is 4. The van der Waals surface area contributed by atoms with Crippen molar-refractivity contribution in [2.24, 2.45) is 0 Å². The minimum absolute atomic E-state index is 0.0389. The first kappa shape index (κ1) is 12.3. The lowest BCUT2D eigenvalue weighted by molar-refractivity contribution is -0.384. The van der Waals surface area contributed by atoms with Crippen LogP contribution in [-0.2, 0) is 6.61 Å². The van der Waals surface area contributed by atoms with Gasteiger partial charge in [0.1, 0.15) is 5.82 Å². The molecule has 0 aliphatic carbocycles. The van der Waals surface area contributed by atoms with E-state index in [-0.39, 0.29) is 12.3 Å². The fraction of sp³-hybridized carbons (Fsp3) is 0.0714. The minimum atomic E-state index is -0.438. The molecule has 0 aliphatic rings. The summed E-state index contributed by atoms with van der Waals surface area (Å²) in [7, 11) is 0. The molecule has 2 heterocycles. The largest absolute Gasteiger partial charge is 0.390 e. The van der Waals surface area contributed by atoms with Gasteiger partial charge < -0.3 is 5.11 Å². The lowest BCUT2D eigenvalue weighted by Crippen LogP contribution is -1.90. The molecule has 0 bridgehead atoms. The summed E-state index contributed by atoms with van der Waals surface area (Å²) in [6.45, 7) is -0.152. The predicted octanol–water partition coefficient (Wildman–Crippen LogP) is 2.40. The van der Waals surface area contributed by atoms with Gasteiger partial charge in [-0.25, -0.2) is 4.98 Å². The summed E-state index contributed by atoms with van der Waals surface area (Å²) in [4.78, 5) is 14.6. The number of nitrogens with zero attached hydrogens (tertiary/aromatic N) is 3. The number of fused-ring (bicyclic) bond motifs is 1. The summed E-state index contributed by atoms with van der Waals surface area (Å²) in [5.74, 6) is 0.652. The molecule has 0 aliphatic heterocycles. The normalized spacial score (nSPS) is 10.8. The van der Waals surface area contributed by atoms with Crippen LogP contribution in [0.15, 0.2) is 48.7 Å². The first-order chi connectivity index (χ1) is 9.70. The van der Waals surface area contributed by atoms with E-state index in [2.05, 4.69) is 4.98 Å². The highest BCUT2D eigenvalue weighted by atomic mass is 16.6. The lowest BCUT2D eigenvalue weighted by Gasteiger charge is -2.00. The Morgan fingerprint density at radius 3 is 2.60 bits per heavy atom. The van der Waals surface area contributed by atoms with E-state index >= 15 is 0 Å². The molecule has 6 heteroatoms. The van der Waals surface area contributed by atoms with Gasteiger partial charge in [-0.1, -0.05) is 6.07 Å². The summed E-state index contributed by atoms with van der Waals surface area (Å²) in [5.41, 5.74) is 2.20. The van der Waals surface area contributed by atoms with Crippen LogP contribution >= 0.6 is 0 Å². The molecule has 1 N–H and O–H groups in total. The standard InChI is InChI=1S/C14H11N3O3/c18-9-12-13-3-1-2-8-16(13)14(15-12)10-4-6-11(7-5-10)17(19)20/h1-8,18H,9H2. The van der Waals surface area contributed by atoms with Crippen LogP contribution in [0.1, 0.15) is 5.69 Å². The monoisotopic (exact) mass is 269 g/mol. The first-order valence-electron chi connectivity index (χ1n) is 6.02. The third-order valence-corrected chi connectivity index (χ3v) is 3.11. The van der Waals surface area contributed by atoms with Crippen molar-refractivity contribution in [3.8, 4) is 11.4 Å². The molecule has 0 radical (unpaired) electrons. The number of benzene rings is 1. The Morgan fingerprint density at radius 1 is 1.20 bits per heavy atom. The second-order valence-electron chi connectivity index (χ2n) is 4.30. The van der Waals surface area contributed by atoms with Gasteiger partial charge in [0.15, 0.2) is 0 Å². The van der Waals surface area contributed by atoms with Gasteiger partial charge in [-0.2, -0.15) is 0 Å². The highest BCUT2D eigenvalue weighted by Gasteiger charge is 2.12. The molecule has 0 spiro atoms. The second kappa shape index (κ2) is 4.75. The first-order valence-corrected chi connectivity index (χ1v) is 6.02. The van der Waals surface area contributed by atoms with Crippen LogP contribution in [0.5, 0.6) is 0 Å². The lowest BCUT2D eigenvalue weighted by atomic mass is 10.2. The highest BCUT2D eigenvalue weighted by Crippen LogP contribution is 2.24. The van der Waals surface area contributed by atoms with Gasteiger partial charge in [0.25, 0.3) is 5.69 Å². The number of aliphatic hydroxyl groups excluding tert-OH is 1. The maximum absolute atomic E-state index is 10.7. The van der Waals surface area contributed by atoms with Gasteiger partial charge in [-0.3, -0.25) is 14.5 Å². The van der Waals surface area contributed by atoms with Crippen molar-refractivity contribution in [1.82, 2.24) is 9.38 Å². The Hall–Kier alpha value is -2.73. The van der Waals surface area contributed by atoms with E-state index < -0.39 is 4.92 Å². The smallest absolute Gasteiger partial charge is 0.269 e. The molecule has 0 fully saturated rings. The number of aliphatic hydroxyl groups is 1. The molecule has 3 aromatic rings. The zero-order valence-electron chi connectivity index (χ0n) is 10.4. The average molecular weight is 269 g/mol. The SMILES string of the molecule is O=[N+]([O-])c1ccc(-c2nc(CO)c3ccccn23)cc1. The van der Waals surface area contributed by atoms with Crippen molar-refractivity contribution in [2.75, 3.05) is 0 Å². The Balaban J connectivity index is 2.16. The van der Waals surface area contributed by atoms with Crippen molar-refractivity contribution in [2.45, 2.75) is 6.61 Å². The zero-order valence-corrected chi connectivity index (χ0v) is 10.4. The maximum Gasteiger partial charge on any atom is 0.269 e. The van der Waals surface area contributed by atoms with Crippen LogP contribution in [-0.4, -0.2) is 19.4 Å². The Kier molecular flexibility index (Phi) is 2.92. The number of non-ortho nitro benzene ring substituents is 1. The van der Waals surface area contributed by atoms with Gasteiger partial charge in [-0.05, 0) is 24.3 Å². The summed E-state index contributed by atoms with van der Waals surface area (Å²) < 4.78 is 1.85. The topological polar surface area (TPSA) is 80.7 Å². The molecule has 100 valence electrons. The van der Waals surface area contributed by atoms with Crippen molar-refractivity contribution in [1.29, 1.82) is 0 Å². The van der Waals surface area contributed by atoms with E-state index in [4.69, 9.17) is 0 Å². The fourth-order valence-corrected chi connectivity index (χ4v) is 2.15. The fourth-order valence-electron chi connectivity index (χ4n) is 2.15. The molecule has 1 aromatic carbocycles. The second-order valence-corrected chi connectivity index (χ2v) is 4.30. The molecular weight excluding hydrogens is 258 g/mol. The minimum Gasteiger partial charge on any atom is -0.390 e. The summed E-state index contributed by atoms with van der Waals surface area (Å²) in [6.07, 6.45) is 1.85. The zero-order chi connectivity index (χ0) is 14.1. The molecule has 3 rings (SSSR count). The van der Waals surface area contributed by atoms with E-state index in [1.54, 1.807) is 12.1 Å². The van der Waals surface area contributed by atoms with Gasteiger partial charge in [0.2, 0.25) is 0 Å². The number of nitro groups is 1. The number of imidazole rings is 1. The molecule has 0 saturated carbocycles. The van der Waals surface area contributed by atoms with E-state index in [9.17, 15) is 15.2 Å². The van der Waals surface area contributed by atoms with E-state index in [1.165, 1.54) is 12.1 Å². The van der Waals surface area contributed by atoms with Crippen LogP contribution in [0.3, 0.4) is 0 Å². The molecule has 0 unspecified atom stereocenters. The van der Waals surface area contributed by atoms with Crippen LogP contribution in [0.4, 0.5) is 5.69 Å². The van der Waals surface area contributed by atoms with Crippen LogP contribution < -0.4 is 0 Å². The summed E-state index contributed by atoms with van der Waals surface area (Å²) >= 11 is 0. The summed E-state index contributed by atoms with van der Waals surface area (Å²) in [6, 6.07) is 11.8. The van der Waals surface area contributed by atoms with Crippen molar-refractivity contribution < 1.29 is 10.0 Å². The third-order valence-electron chi connectivity index (χ3n) is 3.11. The van der Waals surface area contributed by atoms with Crippen molar-refractivity contribution in [3.05, 3.63) is 64.5 Å². The van der Waals surface area contributed by atoms with Gasteiger partial charge in [0, 0.05) is 23.9 Å². The van der Waals surface area contributed by atoms with Gasteiger partial charge >= 0.3 is 0 Å².